The molecular weight excluding hydrogens is 332 g/mol. The number of likely N-dealkylation sites (tertiary alicyclic amines) is 1. The number of aromatic nitrogens is 2. The van der Waals surface area contributed by atoms with Crippen LogP contribution in [-0.4, -0.2) is 52.8 Å². The Morgan fingerprint density at radius 2 is 1.88 bits per heavy atom. The molecule has 1 fully saturated rings. The van der Waals surface area contributed by atoms with Crippen molar-refractivity contribution in [3.8, 4) is 0 Å². The van der Waals surface area contributed by atoms with Gasteiger partial charge in [-0.15, -0.1) is 0 Å². The van der Waals surface area contributed by atoms with Crippen LogP contribution in [0.4, 0.5) is 0 Å². The number of rotatable bonds is 7. The molecule has 1 aliphatic heterocycles. The molecule has 1 aliphatic rings. The summed E-state index contributed by atoms with van der Waals surface area (Å²) >= 11 is 5.95. The zero-order valence-electron chi connectivity index (χ0n) is 15.4. The highest BCUT2D eigenvalue weighted by Crippen LogP contribution is 2.19. The second-order valence-corrected chi connectivity index (χ2v) is 7.82. The Morgan fingerprint density at radius 3 is 2.52 bits per heavy atom. The van der Waals surface area contributed by atoms with E-state index in [-0.39, 0.29) is 0 Å². The van der Waals surface area contributed by atoms with Crippen molar-refractivity contribution in [2.45, 2.75) is 25.8 Å². The maximum absolute atomic E-state index is 5.95. The van der Waals surface area contributed by atoms with E-state index in [9.17, 15) is 0 Å². The first-order chi connectivity index (χ1) is 12.1. The zero-order valence-corrected chi connectivity index (χ0v) is 16.1. The van der Waals surface area contributed by atoms with Crippen LogP contribution in [0.3, 0.4) is 0 Å². The topological polar surface area (TPSA) is 24.3 Å². The van der Waals surface area contributed by atoms with Crippen molar-refractivity contribution in [1.29, 1.82) is 0 Å². The highest BCUT2D eigenvalue weighted by molar-refractivity contribution is 6.30. The molecule has 1 aromatic carbocycles. The SMILES string of the molecule is CN(Cc1cnn(C)c1)CC1CCN(CCc2ccc(Cl)cc2)CC1. The van der Waals surface area contributed by atoms with E-state index in [4.69, 9.17) is 11.6 Å². The largest absolute Gasteiger partial charge is 0.303 e. The van der Waals surface area contributed by atoms with Gasteiger partial charge in [0.2, 0.25) is 0 Å². The number of halogens is 1. The number of hydrogen-bond donors (Lipinski definition) is 0. The van der Waals surface area contributed by atoms with Crippen LogP contribution in [-0.2, 0) is 20.0 Å². The molecular formula is C20H29ClN4. The van der Waals surface area contributed by atoms with Crippen LogP contribution in [0.5, 0.6) is 0 Å². The van der Waals surface area contributed by atoms with Crippen LogP contribution in [0.15, 0.2) is 36.7 Å². The maximum atomic E-state index is 5.95. The smallest absolute Gasteiger partial charge is 0.0534 e. The van der Waals surface area contributed by atoms with Crippen molar-refractivity contribution < 1.29 is 0 Å². The summed E-state index contributed by atoms with van der Waals surface area (Å²) in [4.78, 5) is 5.04. The fraction of sp³-hybridized carbons (Fsp3) is 0.550. The minimum atomic E-state index is 0.813. The van der Waals surface area contributed by atoms with Gasteiger partial charge in [0.15, 0.2) is 0 Å². The van der Waals surface area contributed by atoms with Crippen LogP contribution in [0.25, 0.3) is 0 Å². The first kappa shape index (κ1) is 18.4. The molecule has 0 spiro atoms. The van der Waals surface area contributed by atoms with Crippen molar-refractivity contribution in [3.63, 3.8) is 0 Å². The van der Waals surface area contributed by atoms with Crippen molar-refractivity contribution in [2.75, 3.05) is 33.2 Å². The molecule has 0 atom stereocenters. The molecule has 2 heterocycles. The number of nitrogens with zero attached hydrogens (tertiary/aromatic N) is 4. The lowest BCUT2D eigenvalue weighted by Gasteiger charge is -2.33. The van der Waals surface area contributed by atoms with E-state index >= 15 is 0 Å². The van der Waals surface area contributed by atoms with E-state index in [1.54, 1.807) is 0 Å². The van der Waals surface area contributed by atoms with Gasteiger partial charge in [-0.25, -0.2) is 0 Å². The van der Waals surface area contributed by atoms with Crippen LogP contribution in [0.1, 0.15) is 24.0 Å². The lowest BCUT2D eigenvalue weighted by atomic mass is 9.96. The van der Waals surface area contributed by atoms with E-state index in [0.29, 0.717) is 0 Å². The molecule has 2 aromatic rings. The monoisotopic (exact) mass is 360 g/mol. The molecule has 5 heteroatoms. The minimum absolute atomic E-state index is 0.813. The van der Waals surface area contributed by atoms with Crippen LogP contribution < -0.4 is 0 Å². The molecule has 0 N–H and O–H groups in total. The van der Waals surface area contributed by atoms with E-state index in [0.717, 1.165) is 30.5 Å². The van der Waals surface area contributed by atoms with E-state index in [2.05, 4.69) is 40.3 Å². The number of piperidine rings is 1. The van der Waals surface area contributed by atoms with E-state index < -0.39 is 0 Å². The minimum Gasteiger partial charge on any atom is -0.303 e. The Kier molecular flexibility index (Phi) is 6.51. The van der Waals surface area contributed by atoms with Crippen LogP contribution in [0, 0.1) is 5.92 Å². The third-order valence-corrected chi connectivity index (χ3v) is 5.37. The average Bonchev–Trinajstić information content (AvgIpc) is 3.00. The Bertz CT molecular complexity index is 644. The normalized spacial score (nSPS) is 16.6. The third kappa shape index (κ3) is 5.84. The van der Waals surface area contributed by atoms with E-state index in [1.807, 2.05) is 30.1 Å². The summed E-state index contributed by atoms with van der Waals surface area (Å²) in [6.45, 7) is 5.77. The molecule has 25 heavy (non-hydrogen) atoms. The number of benzene rings is 1. The Balaban J connectivity index is 1.36. The molecule has 4 nitrogen and oxygen atoms in total. The number of hydrogen-bond acceptors (Lipinski definition) is 3. The molecule has 0 bridgehead atoms. The second-order valence-electron chi connectivity index (χ2n) is 7.38. The maximum Gasteiger partial charge on any atom is 0.0534 e. The van der Waals surface area contributed by atoms with Gasteiger partial charge in [0.1, 0.15) is 0 Å². The fourth-order valence-electron chi connectivity index (χ4n) is 3.70. The number of aryl methyl sites for hydroxylation is 1. The van der Waals surface area contributed by atoms with Gasteiger partial charge in [0.05, 0.1) is 6.20 Å². The van der Waals surface area contributed by atoms with Gasteiger partial charge in [0, 0.05) is 43.5 Å². The highest BCUT2D eigenvalue weighted by atomic mass is 35.5. The standard InChI is InChI=1S/C20H29ClN4/c1-23(15-19-13-22-24(2)16-19)14-18-8-11-25(12-9-18)10-7-17-3-5-20(21)6-4-17/h3-6,13,16,18H,7-12,14-15H2,1-2H3. The van der Waals surface area contributed by atoms with Gasteiger partial charge in [0.25, 0.3) is 0 Å². The van der Waals surface area contributed by atoms with Gasteiger partial charge in [-0.05, 0) is 63.0 Å². The van der Waals surface area contributed by atoms with Crippen LogP contribution in [0.2, 0.25) is 5.02 Å². The highest BCUT2D eigenvalue weighted by Gasteiger charge is 2.20. The van der Waals surface area contributed by atoms with Gasteiger partial charge in [-0.2, -0.15) is 5.10 Å². The molecule has 0 radical (unpaired) electrons. The van der Waals surface area contributed by atoms with Crippen molar-refractivity contribution in [1.82, 2.24) is 19.6 Å². The molecule has 0 amide bonds. The summed E-state index contributed by atoms with van der Waals surface area (Å²) in [5.41, 5.74) is 2.67. The van der Waals surface area contributed by atoms with Crippen molar-refractivity contribution in [3.05, 3.63) is 52.8 Å². The zero-order chi connectivity index (χ0) is 17.6. The molecule has 136 valence electrons. The first-order valence-electron chi connectivity index (χ1n) is 9.21. The quantitative estimate of drug-likeness (QED) is 0.755. The molecule has 1 saturated heterocycles. The average molecular weight is 361 g/mol. The summed E-state index contributed by atoms with van der Waals surface area (Å²) in [6.07, 6.45) is 7.80. The second kappa shape index (κ2) is 8.84. The van der Waals surface area contributed by atoms with Crippen LogP contribution >= 0.6 is 11.6 Å². The molecule has 1 aromatic heterocycles. The summed E-state index contributed by atoms with van der Waals surface area (Å²) in [7, 11) is 4.20. The summed E-state index contributed by atoms with van der Waals surface area (Å²) < 4.78 is 1.88. The Labute approximate surface area is 156 Å². The Hall–Kier alpha value is -1.36. The summed E-state index contributed by atoms with van der Waals surface area (Å²) in [5, 5.41) is 5.07. The fourth-order valence-corrected chi connectivity index (χ4v) is 3.83. The van der Waals surface area contributed by atoms with Crippen molar-refractivity contribution >= 4 is 11.6 Å². The van der Waals surface area contributed by atoms with Crippen molar-refractivity contribution in [2.24, 2.45) is 13.0 Å². The van der Waals surface area contributed by atoms with Gasteiger partial charge in [-0.1, -0.05) is 23.7 Å². The predicted octanol–water partition coefficient (Wildman–Crippen LogP) is 3.46. The molecule has 3 rings (SSSR count). The first-order valence-corrected chi connectivity index (χ1v) is 9.59. The van der Waals surface area contributed by atoms with Gasteiger partial charge >= 0.3 is 0 Å². The summed E-state index contributed by atoms with van der Waals surface area (Å²) in [6, 6.07) is 8.26. The summed E-state index contributed by atoms with van der Waals surface area (Å²) in [5.74, 6) is 0.813. The predicted molar refractivity (Wildman–Crippen MR) is 104 cm³/mol. The Morgan fingerprint density at radius 1 is 1.16 bits per heavy atom. The lowest BCUT2D eigenvalue weighted by molar-refractivity contribution is 0.153. The third-order valence-electron chi connectivity index (χ3n) is 5.12. The van der Waals surface area contributed by atoms with E-state index in [1.165, 1.54) is 43.6 Å². The molecule has 0 saturated carbocycles. The molecule has 0 aliphatic carbocycles. The van der Waals surface area contributed by atoms with Gasteiger partial charge in [-0.3, -0.25) is 4.68 Å². The van der Waals surface area contributed by atoms with Gasteiger partial charge < -0.3 is 9.80 Å². The molecule has 0 unspecified atom stereocenters. The lowest BCUT2D eigenvalue weighted by Crippen LogP contribution is -2.38.